The lowest BCUT2D eigenvalue weighted by Crippen LogP contribution is -2.24. The lowest BCUT2D eigenvalue weighted by atomic mass is 10.1. The van der Waals surface area contributed by atoms with Crippen LogP contribution in [0.15, 0.2) is 54.6 Å². The Kier molecular flexibility index (Phi) is 5.37. The van der Waals surface area contributed by atoms with Gasteiger partial charge in [0.05, 0.1) is 15.2 Å². The molecule has 1 heterocycles. The summed E-state index contributed by atoms with van der Waals surface area (Å²) < 4.78 is 1.23. The fourth-order valence-corrected chi connectivity index (χ4v) is 3.49. The van der Waals surface area contributed by atoms with Crippen molar-refractivity contribution in [2.45, 2.75) is 25.7 Å². The van der Waals surface area contributed by atoms with Crippen LogP contribution in [0.25, 0.3) is 10.2 Å². The van der Waals surface area contributed by atoms with E-state index >= 15 is 0 Å². The van der Waals surface area contributed by atoms with E-state index in [2.05, 4.69) is 28.5 Å². The Balaban J connectivity index is 1.37. The molecule has 3 nitrogen and oxygen atoms in total. The molecule has 1 amide bonds. The summed E-state index contributed by atoms with van der Waals surface area (Å²) in [6.07, 6.45) is 3.19. The summed E-state index contributed by atoms with van der Waals surface area (Å²) in [5.41, 5.74) is 2.27. The molecule has 0 radical (unpaired) electrons. The number of amides is 1. The van der Waals surface area contributed by atoms with Crippen LogP contribution in [-0.2, 0) is 17.6 Å². The fourth-order valence-electron chi connectivity index (χ4n) is 2.49. The topological polar surface area (TPSA) is 42.0 Å². The second-order valence-electron chi connectivity index (χ2n) is 5.51. The van der Waals surface area contributed by atoms with Gasteiger partial charge in [-0.2, -0.15) is 0 Å². The Labute approximate surface area is 140 Å². The van der Waals surface area contributed by atoms with Crippen LogP contribution in [0.3, 0.4) is 0 Å². The Hall–Kier alpha value is -2.20. The zero-order valence-electron chi connectivity index (χ0n) is 13.0. The SMILES string of the molecule is O=C(CCc1ccccc1)NCCCc1nc2ccccc2s1. The van der Waals surface area contributed by atoms with Crippen LogP contribution in [0, 0.1) is 0 Å². The van der Waals surface area contributed by atoms with Gasteiger partial charge in [0.25, 0.3) is 0 Å². The molecular weight excluding hydrogens is 304 g/mol. The molecule has 0 saturated carbocycles. The van der Waals surface area contributed by atoms with Gasteiger partial charge in [0.1, 0.15) is 0 Å². The molecule has 0 aliphatic rings. The molecule has 1 N–H and O–H groups in total. The van der Waals surface area contributed by atoms with Crippen molar-refractivity contribution < 1.29 is 4.79 Å². The van der Waals surface area contributed by atoms with Gasteiger partial charge >= 0.3 is 0 Å². The Bertz CT molecular complexity index is 734. The zero-order chi connectivity index (χ0) is 15.9. The van der Waals surface area contributed by atoms with Gasteiger partial charge in [-0.25, -0.2) is 4.98 Å². The first kappa shape index (κ1) is 15.7. The van der Waals surface area contributed by atoms with Crippen molar-refractivity contribution in [1.29, 1.82) is 0 Å². The van der Waals surface area contributed by atoms with E-state index in [1.54, 1.807) is 11.3 Å². The van der Waals surface area contributed by atoms with E-state index in [0.29, 0.717) is 13.0 Å². The predicted molar refractivity (Wildman–Crippen MR) is 95.7 cm³/mol. The number of hydrogen-bond acceptors (Lipinski definition) is 3. The van der Waals surface area contributed by atoms with Crippen LogP contribution in [0.2, 0.25) is 0 Å². The van der Waals surface area contributed by atoms with Gasteiger partial charge in [0, 0.05) is 19.4 Å². The van der Waals surface area contributed by atoms with Gasteiger partial charge in [-0.05, 0) is 30.5 Å². The average Bonchev–Trinajstić information content (AvgIpc) is 3.00. The van der Waals surface area contributed by atoms with Crippen molar-refractivity contribution in [1.82, 2.24) is 10.3 Å². The van der Waals surface area contributed by atoms with Crippen molar-refractivity contribution in [3.05, 3.63) is 65.2 Å². The summed E-state index contributed by atoms with van der Waals surface area (Å²) in [6, 6.07) is 18.3. The molecule has 0 bridgehead atoms. The van der Waals surface area contributed by atoms with Gasteiger partial charge < -0.3 is 5.32 Å². The Morgan fingerprint density at radius 3 is 2.61 bits per heavy atom. The van der Waals surface area contributed by atoms with Crippen LogP contribution in [0.1, 0.15) is 23.4 Å². The van der Waals surface area contributed by atoms with Gasteiger partial charge in [-0.1, -0.05) is 42.5 Å². The molecule has 0 unspecified atom stereocenters. The van der Waals surface area contributed by atoms with Crippen LogP contribution < -0.4 is 5.32 Å². The van der Waals surface area contributed by atoms with Crippen molar-refractivity contribution >= 4 is 27.5 Å². The minimum absolute atomic E-state index is 0.123. The van der Waals surface area contributed by atoms with Gasteiger partial charge in [-0.3, -0.25) is 4.79 Å². The third-order valence-electron chi connectivity index (χ3n) is 3.71. The maximum absolute atomic E-state index is 11.8. The number of nitrogens with one attached hydrogen (secondary N) is 1. The number of aromatic nitrogens is 1. The lowest BCUT2D eigenvalue weighted by Gasteiger charge is -2.04. The highest BCUT2D eigenvalue weighted by Gasteiger charge is 2.04. The second-order valence-corrected chi connectivity index (χ2v) is 6.63. The number of nitrogens with zero attached hydrogens (tertiary/aromatic N) is 1. The van der Waals surface area contributed by atoms with E-state index in [1.807, 2.05) is 36.4 Å². The van der Waals surface area contributed by atoms with E-state index in [4.69, 9.17) is 0 Å². The Morgan fingerprint density at radius 1 is 1.00 bits per heavy atom. The number of carbonyl (C=O) groups excluding carboxylic acids is 1. The molecule has 0 atom stereocenters. The summed E-state index contributed by atoms with van der Waals surface area (Å²) >= 11 is 1.74. The van der Waals surface area contributed by atoms with E-state index < -0.39 is 0 Å². The summed E-state index contributed by atoms with van der Waals surface area (Å²) in [5.74, 6) is 0.123. The van der Waals surface area contributed by atoms with E-state index in [1.165, 1.54) is 10.3 Å². The second kappa shape index (κ2) is 7.88. The highest BCUT2D eigenvalue weighted by Crippen LogP contribution is 2.22. The smallest absolute Gasteiger partial charge is 0.220 e. The lowest BCUT2D eigenvalue weighted by molar-refractivity contribution is -0.121. The summed E-state index contributed by atoms with van der Waals surface area (Å²) in [5, 5.41) is 4.14. The minimum atomic E-state index is 0.123. The molecule has 4 heteroatoms. The molecule has 0 aliphatic carbocycles. The highest BCUT2D eigenvalue weighted by molar-refractivity contribution is 7.18. The average molecular weight is 324 g/mol. The molecule has 23 heavy (non-hydrogen) atoms. The normalized spacial score (nSPS) is 10.8. The monoisotopic (exact) mass is 324 g/mol. The number of fused-ring (bicyclic) bond motifs is 1. The van der Waals surface area contributed by atoms with Crippen LogP contribution >= 0.6 is 11.3 Å². The molecule has 0 spiro atoms. The first-order valence-corrected chi connectivity index (χ1v) is 8.78. The van der Waals surface area contributed by atoms with E-state index in [0.717, 1.165) is 29.8 Å². The molecule has 0 saturated heterocycles. The maximum Gasteiger partial charge on any atom is 0.220 e. The molecule has 2 aromatic carbocycles. The number of para-hydroxylation sites is 1. The molecular formula is C19H20N2OS. The number of aryl methyl sites for hydroxylation is 2. The van der Waals surface area contributed by atoms with Crippen molar-refractivity contribution in [3.8, 4) is 0 Å². The van der Waals surface area contributed by atoms with E-state index in [9.17, 15) is 4.79 Å². The summed E-state index contributed by atoms with van der Waals surface area (Å²) in [4.78, 5) is 16.5. The first-order valence-electron chi connectivity index (χ1n) is 7.96. The molecule has 3 rings (SSSR count). The third kappa shape index (κ3) is 4.63. The van der Waals surface area contributed by atoms with Crippen LogP contribution in [0.4, 0.5) is 0 Å². The third-order valence-corrected chi connectivity index (χ3v) is 4.81. The van der Waals surface area contributed by atoms with Crippen LogP contribution in [0.5, 0.6) is 0 Å². The largest absolute Gasteiger partial charge is 0.356 e. The number of carbonyl (C=O) groups is 1. The number of hydrogen-bond donors (Lipinski definition) is 1. The summed E-state index contributed by atoms with van der Waals surface area (Å²) in [7, 11) is 0. The quantitative estimate of drug-likeness (QED) is 0.668. The predicted octanol–water partition coefficient (Wildman–Crippen LogP) is 3.98. The minimum Gasteiger partial charge on any atom is -0.356 e. The molecule has 0 aliphatic heterocycles. The van der Waals surface area contributed by atoms with Gasteiger partial charge in [0.15, 0.2) is 0 Å². The van der Waals surface area contributed by atoms with Crippen molar-refractivity contribution in [2.75, 3.05) is 6.54 Å². The standard InChI is InChI=1S/C19H20N2OS/c22-18(13-12-15-7-2-1-3-8-15)20-14-6-11-19-21-16-9-4-5-10-17(16)23-19/h1-5,7-10H,6,11-14H2,(H,20,22). The number of benzene rings is 2. The number of thiazole rings is 1. The zero-order valence-corrected chi connectivity index (χ0v) is 13.8. The molecule has 1 aromatic heterocycles. The van der Waals surface area contributed by atoms with Gasteiger partial charge in [-0.15, -0.1) is 11.3 Å². The van der Waals surface area contributed by atoms with E-state index in [-0.39, 0.29) is 5.91 Å². The number of rotatable bonds is 7. The van der Waals surface area contributed by atoms with Crippen molar-refractivity contribution in [3.63, 3.8) is 0 Å². The highest BCUT2D eigenvalue weighted by atomic mass is 32.1. The molecule has 0 fully saturated rings. The summed E-state index contributed by atoms with van der Waals surface area (Å²) in [6.45, 7) is 0.712. The first-order chi connectivity index (χ1) is 11.3. The van der Waals surface area contributed by atoms with Crippen LogP contribution in [-0.4, -0.2) is 17.4 Å². The molecule has 118 valence electrons. The fraction of sp³-hybridized carbons (Fsp3) is 0.263. The van der Waals surface area contributed by atoms with Crippen molar-refractivity contribution in [2.24, 2.45) is 0 Å². The molecule has 3 aromatic rings. The Morgan fingerprint density at radius 2 is 1.78 bits per heavy atom. The maximum atomic E-state index is 11.8. The van der Waals surface area contributed by atoms with Gasteiger partial charge in [0.2, 0.25) is 5.91 Å².